The Morgan fingerprint density at radius 3 is 2.88 bits per heavy atom. The summed E-state index contributed by atoms with van der Waals surface area (Å²) in [5.74, 6) is -0.0320. The first-order chi connectivity index (χ1) is 12.6. The van der Waals surface area contributed by atoms with Crippen LogP contribution in [-0.4, -0.2) is 58.3 Å². The molecule has 4 heterocycles. The molecule has 0 aromatic carbocycles. The first-order valence-corrected chi connectivity index (χ1v) is 9.75. The van der Waals surface area contributed by atoms with E-state index < -0.39 is 0 Å². The summed E-state index contributed by atoms with van der Waals surface area (Å²) in [7, 11) is 0. The Balaban J connectivity index is 1.57. The molecule has 6 nitrogen and oxygen atoms in total. The molecule has 2 amide bonds. The van der Waals surface area contributed by atoms with Crippen molar-refractivity contribution < 1.29 is 9.59 Å². The molecule has 0 aliphatic carbocycles. The van der Waals surface area contributed by atoms with E-state index in [4.69, 9.17) is 0 Å². The standard InChI is InChI=1S/C19H22N4O2S/c1-15(24)23-11-18(25)22(17-5-9-26-12-17)14-19(23)6-8-21(13-19)10-16-4-2-3-7-20-16/h2-5,7,9,12H,6,8,10-11,13-14H2,1H3/t19-/m1/s1. The molecule has 2 aromatic rings. The Bertz CT molecular complexity index is 795. The number of likely N-dealkylation sites (tertiary alicyclic amines) is 1. The Labute approximate surface area is 157 Å². The molecule has 0 bridgehead atoms. The number of nitrogens with zero attached hydrogens (tertiary/aromatic N) is 4. The number of pyridine rings is 1. The minimum Gasteiger partial charge on any atom is -0.325 e. The van der Waals surface area contributed by atoms with Crippen LogP contribution in [-0.2, 0) is 16.1 Å². The lowest BCUT2D eigenvalue weighted by atomic mass is 9.92. The van der Waals surface area contributed by atoms with E-state index in [1.165, 1.54) is 0 Å². The molecule has 0 saturated carbocycles. The van der Waals surface area contributed by atoms with Crippen LogP contribution in [0.15, 0.2) is 41.2 Å². The number of hydrogen-bond donors (Lipinski definition) is 0. The monoisotopic (exact) mass is 370 g/mol. The highest BCUT2D eigenvalue weighted by atomic mass is 32.1. The molecule has 2 saturated heterocycles. The molecular formula is C19H22N4O2S. The second-order valence-corrected chi connectivity index (χ2v) is 7.85. The van der Waals surface area contributed by atoms with Gasteiger partial charge in [0.2, 0.25) is 11.8 Å². The maximum absolute atomic E-state index is 12.6. The van der Waals surface area contributed by atoms with Crippen molar-refractivity contribution in [3.8, 4) is 0 Å². The Kier molecular flexibility index (Phi) is 4.50. The average molecular weight is 370 g/mol. The highest BCUT2D eigenvalue weighted by Gasteiger charge is 2.50. The van der Waals surface area contributed by atoms with Gasteiger partial charge in [0.1, 0.15) is 6.54 Å². The zero-order valence-electron chi connectivity index (χ0n) is 14.8. The summed E-state index contributed by atoms with van der Waals surface area (Å²) in [6, 6.07) is 7.90. The van der Waals surface area contributed by atoms with Crippen LogP contribution in [0, 0.1) is 0 Å². The second kappa shape index (κ2) is 6.81. The van der Waals surface area contributed by atoms with Gasteiger partial charge >= 0.3 is 0 Å². The summed E-state index contributed by atoms with van der Waals surface area (Å²) in [6.07, 6.45) is 2.67. The minimum atomic E-state index is -0.323. The average Bonchev–Trinajstić information content (AvgIpc) is 3.28. The van der Waals surface area contributed by atoms with E-state index >= 15 is 0 Å². The summed E-state index contributed by atoms with van der Waals surface area (Å²) in [5.41, 5.74) is 1.64. The summed E-state index contributed by atoms with van der Waals surface area (Å²) in [4.78, 5) is 35.3. The number of carbonyl (C=O) groups excluding carboxylic acids is 2. The minimum absolute atomic E-state index is 0.00704. The largest absolute Gasteiger partial charge is 0.325 e. The molecule has 26 heavy (non-hydrogen) atoms. The summed E-state index contributed by atoms with van der Waals surface area (Å²) in [5, 5.41) is 3.98. The molecule has 0 N–H and O–H groups in total. The van der Waals surface area contributed by atoms with Gasteiger partial charge in [-0.05, 0) is 30.0 Å². The number of anilines is 1. The van der Waals surface area contributed by atoms with Crippen molar-refractivity contribution in [3.63, 3.8) is 0 Å². The maximum atomic E-state index is 12.6. The van der Waals surface area contributed by atoms with E-state index in [9.17, 15) is 9.59 Å². The zero-order chi connectivity index (χ0) is 18.1. The van der Waals surface area contributed by atoms with Crippen LogP contribution in [0.3, 0.4) is 0 Å². The van der Waals surface area contributed by atoms with Crippen molar-refractivity contribution in [3.05, 3.63) is 46.9 Å². The van der Waals surface area contributed by atoms with Crippen molar-refractivity contribution in [1.29, 1.82) is 0 Å². The lowest BCUT2D eigenvalue weighted by Gasteiger charge is -2.48. The molecule has 136 valence electrons. The van der Waals surface area contributed by atoms with Crippen LogP contribution in [0.5, 0.6) is 0 Å². The van der Waals surface area contributed by atoms with Crippen LogP contribution in [0.25, 0.3) is 0 Å². The fraction of sp³-hybridized carbons (Fsp3) is 0.421. The van der Waals surface area contributed by atoms with Gasteiger partial charge in [0, 0.05) is 38.1 Å². The Morgan fingerprint density at radius 1 is 1.31 bits per heavy atom. The van der Waals surface area contributed by atoms with Crippen LogP contribution in [0.4, 0.5) is 5.69 Å². The number of piperazine rings is 1. The summed E-state index contributed by atoms with van der Waals surface area (Å²) in [6.45, 7) is 4.70. The van der Waals surface area contributed by atoms with Crippen molar-refractivity contribution >= 4 is 28.8 Å². The third-order valence-corrected chi connectivity index (χ3v) is 6.01. The maximum Gasteiger partial charge on any atom is 0.246 e. The molecule has 2 aliphatic rings. The number of hydrogen-bond acceptors (Lipinski definition) is 5. The molecular weight excluding hydrogens is 348 g/mol. The van der Waals surface area contributed by atoms with Gasteiger partial charge in [-0.2, -0.15) is 11.3 Å². The fourth-order valence-electron chi connectivity index (χ4n) is 4.09. The molecule has 1 spiro atoms. The van der Waals surface area contributed by atoms with Gasteiger partial charge < -0.3 is 9.80 Å². The van der Waals surface area contributed by atoms with Crippen molar-refractivity contribution in [2.45, 2.75) is 25.4 Å². The smallest absolute Gasteiger partial charge is 0.246 e. The fourth-order valence-corrected chi connectivity index (χ4v) is 4.74. The summed E-state index contributed by atoms with van der Waals surface area (Å²) >= 11 is 1.58. The topological polar surface area (TPSA) is 56.8 Å². The summed E-state index contributed by atoms with van der Waals surface area (Å²) < 4.78 is 0. The van der Waals surface area contributed by atoms with Gasteiger partial charge in [-0.3, -0.25) is 19.5 Å². The third kappa shape index (κ3) is 3.12. The van der Waals surface area contributed by atoms with E-state index in [0.717, 1.165) is 37.4 Å². The van der Waals surface area contributed by atoms with Gasteiger partial charge in [0.25, 0.3) is 0 Å². The van der Waals surface area contributed by atoms with Crippen LogP contribution in [0.1, 0.15) is 19.0 Å². The number of carbonyl (C=O) groups is 2. The van der Waals surface area contributed by atoms with Crippen molar-refractivity contribution in [1.82, 2.24) is 14.8 Å². The van der Waals surface area contributed by atoms with E-state index in [0.29, 0.717) is 6.54 Å². The lowest BCUT2D eigenvalue weighted by Crippen LogP contribution is -2.66. The predicted molar refractivity (Wildman–Crippen MR) is 101 cm³/mol. The number of aromatic nitrogens is 1. The highest BCUT2D eigenvalue weighted by Crippen LogP contribution is 2.35. The second-order valence-electron chi connectivity index (χ2n) is 7.07. The van der Waals surface area contributed by atoms with Gasteiger partial charge in [0.05, 0.1) is 23.5 Å². The van der Waals surface area contributed by atoms with E-state index in [-0.39, 0.29) is 23.9 Å². The van der Waals surface area contributed by atoms with Gasteiger partial charge in [0.15, 0.2) is 0 Å². The molecule has 2 aromatic heterocycles. The highest BCUT2D eigenvalue weighted by molar-refractivity contribution is 7.08. The normalized spacial score (nSPS) is 23.8. The molecule has 0 radical (unpaired) electrons. The third-order valence-electron chi connectivity index (χ3n) is 5.34. The van der Waals surface area contributed by atoms with Crippen LogP contribution < -0.4 is 4.90 Å². The molecule has 2 fully saturated rings. The Morgan fingerprint density at radius 2 is 2.19 bits per heavy atom. The predicted octanol–water partition coefficient (Wildman–Crippen LogP) is 1.98. The number of amides is 2. The number of rotatable bonds is 3. The van der Waals surface area contributed by atoms with E-state index in [1.807, 2.05) is 39.9 Å². The first kappa shape index (κ1) is 17.2. The van der Waals surface area contributed by atoms with Gasteiger partial charge in [-0.25, -0.2) is 0 Å². The zero-order valence-corrected chi connectivity index (χ0v) is 15.6. The van der Waals surface area contributed by atoms with Gasteiger partial charge in [-0.15, -0.1) is 0 Å². The molecule has 1 atom stereocenters. The van der Waals surface area contributed by atoms with Crippen LogP contribution in [0.2, 0.25) is 0 Å². The molecule has 7 heteroatoms. The number of thiophene rings is 1. The molecule has 2 aliphatic heterocycles. The van der Waals surface area contributed by atoms with Crippen molar-refractivity contribution in [2.24, 2.45) is 0 Å². The van der Waals surface area contributed by atoms with Crippen LogP contribution >= 0.6 is 11.3 Å². The lowest BCUT2D eigenvalue weighted by molar-refractivity contribution is -0.142. The first-order valence-electron chi connectivity index (χ1n) is 8.80. The van der Waals surface area contributed by atoms with Gasteiger partial charge in [-0.1, -0.05) is 6.07 Å². The molecule has 0 unspecified atom stereocenters. The van der Waals surface area contributed by atoms with Crippen molar-refractivity contribution in [2.75, 3.05) is 31.1 Å². The molecule has 4 rings (SSSR count). The quantitative estimate of drug-likeness (QED) is 0.829. The van der Waals surface area contributed by atoms with E-state index in [2.05, 4.69) is 9.88 Å². The van der Waals surface area contributed by atoms with E-state index in [1.54, 1.807) is 29.4 Å². The Hall–Kier alpha value is -2.25. The SMILES string of the molecule is CC(=O)N1CC(=O)N(c2ccsc2)C[C@]12CCN(Cc1ccccn1)C2.